The van der Waals surface area contributed by atoms with Crippen LogP contribution in [0.25, 0.3) is 0 Å². The highest BCUT2D eigenvalue weighted by atomic mass is 79.9. The van der Waals surface area contributed by atoms with Crippen molar-refractivity contribution < 1.29 is 4.79 Å². The maximum atomic E-state index is 12.1. The van der Waals surface area contributed by atoms with E-state index in [4.69, 9.17) is 5.73 Å². The number of nitrogen functional groups attached to an aromatic ring is 1. The molecule has 0 radical (unpaired) electrons. The van der Waals surface area contributed by atoms with Crippen molar-refractivity contribution in [2.75, 3.05) is 11.1 Å². The lowest BCUT2D eigenvalue weighted by atomic mass is 10.1. The Bertz CT molecular complexity index is 633. The molecule has 2 aromatic carbocycles. The Labute approximate surface area is 134 Å². The average molecular weight is 398 g/mol. The van der Waals surface area contributed by atoms with E-state index in [2.05, 4.69) is 37.2 Å². The van der Waals surface area contributed by atoms with Crippen molar-refractivity contribution in [1.29, 1.82) is 0 Å². The van der Waals surface area contributed by atoms with Gasteiger partial charge in [0, 0.05) is 14.6 Å². The molecule has 0 aliphatic rings. The summed E-state index contributed by atoms with van der Waals surface area (Å²) in [5.41, 5.74) is 9.18. The normalized spacial score (nSPS) is 10.3. The highest BCUT2D eigenvalue weighted by Gasteiger charge is 2.11. The van der Waals surface area contributed by atoms with Gasteiger partial charge in [0.2, 0.25) is 5.91 Å². The number of benzene rings is 2. The largest absolute Gasteiger partial charge is 0.399 e. The number of nitrogens with one attached hydrogen (secondary N) is 1. The van der Waals surface area contributed by atoms with E-state index in [1.54, 1.807) is 12.1 Å². The van der Waals surface area contributed by atoms with Crippen molar-refractivity contribution >= 4 is 49.1 Å². The number of halogens is 2. The van der Waals surface area contributed by atoms with E-state index in [0.29, 0.717) is 17.8 Å². The number of carbonyl (C=O) groups excluding carboxylic acids is 1. The van der Waals surface area contributed by atoms with E-state index in [-0.39, 0.29) is 5.91 Å². The second-order valence-corrected chi connectivity index (χ2v) is 6.28. The lowest BCUT2D eigenvalue weighted by Crippen LogP contribution is -2.15. The molecule has 3 nitrogen and oxygen atoms in total. The quantitative estimate of drug-likeness (QED) is 0.759. The molecule has 2 rings (SSSR count). The fourth-order valence-corrected chi connectivity index (χ4v) is 3.32. The van der Waals surface area contributed by atoms with Crippen LogP contribution in [0.3, 0.4) is 0 Å². The minimum Gasteiger partial charge on any atom is -0.399 e. The summed E-state index contributed by atoms with van der Waals surface area (Å²) in [5.74, 6) is -0.0678. The van der Waals surface area contributed by atoms with Crippen LogP contribution >= 0.6 is 31.9 Å². The number of aryl methyl sites for hydroxylation is 1. The summed E-state index contributed by atoms with van der Waals surface area (Å²) < 4.78 is 1.50. The first-order chi connectivity index (χ1) is 9.45. The minimum absolute atomic E-state index is 0.0678. The molecule has 0 heterocycles. The van der Waals surface area contributed by atoms with E-state index in [9.17, 15) is 4.79 Å². The van der Waals surface area contributed by atoms with Gasteiger partial charge in [-0.2, -0.15) is 0 Å². The third-order valence-corrected chi connectivity index (χ3v) is 4.03. The van der Waals surface area contributed by atoms with Crippen LogP contribution in [-0.2, 0) is 11.2 Å². The molecule has 0 atom stereocenters. The van der Waals surface area contributed by atoms with E-state index >= 15 is 0 Å². The lowest BCUT2D eigenvalue weighted by Gasteiger charge is -2.11. The minimum atomic E-state index is -0.0678. The molecule has 3 N–H and O–H groups in total. The van der Waals surface area contributed by atoms with Gasteiger partial charge in [0.25, 0.3) is 0 Å². The SMILES string of the molecule is Cc1cccc(CC(=O)Nc2c(Br)cc(N)cc2Br)c1. The second kappa shape index (κ2) is 6.41. The molecular weight excluding hydrogens is 384 g/mol. The molecular formula is C15H14Br2N2O. The first-order valence-corrected chi connectivity index (χ1v) is 7.64. The Morgan fingerprint density at radius 3 is 2.45 bits per heavy atom. The van der Waals surface area contributed by atoms with E-state index in [0.717, 1.165) is 20.1 Å². The van der Waals surface area contributed by atoms with Crippen LogP contribution in [0.5, 0.6) is 0 Å². The Morgan fingerprint density at radius 1 is 1.20 bits per heavy atom. The molecule has 0 spiro atoms. The lowest BCUT2D eigenvalue weighted by molar-refractivity contribution is -0.115. The molecule has 2 aromatic rings. The zero-order chi connectivity index (χ0) is 14.7. The van der Waals surface area contributed by atoms with Crippen molar-refractivity contribution in [3.05, 3.63) is 56.5 Å². The molecule has 0 aromatic heterocycles. The predicted octanol–water partition coefficient (Wildman–Crippen LogP) is 4.28. The van der Waals surface area contributed by atoms with Crippen LogP contribution in [0.15, 0.2) is 45.3 Å². The van der Waals surface area contributed by atoms with Crippen molar-refractivity contribution in [2.24, 2.45) is 0 Å². The molecule has 0 unspecified atom stereocenters. The summed E-state index contributed by atoms with van der Waals surface area (Å²) in [7, 11) is 0. The van der Waals surface area contributed by atoms with Gasteiger partial charge in [-0.15, -0.1) is 0 Å². The number of hydrogen-bond donors (Lipinski definition) is 2. The molecule has 104 valence electrons. The monoisotopic (exact) mass is 396 g/mol. The summed E-state index contributed by atoms with van der Waals surface area (Å²) in [6.45, 7) is 2.01. The number of carbonyl (C=O) groups is 1. The molecule has 0 fully saturated rings. The smallest absolute Gasteiger partial charge is 0.228 e. The molecule has 0 bridgehead atoms. The Kier molecular flexibility index (Phi) is 4.83. The fraction of sp³-hybridized carbons (Fsp3) is 0.133. The summed E-state index contributed by atoms with van der Waals surface area (Å²) >= 11 is 6.80. The van der Waals surface area contributed by atoms with Crippen LogP contribution in [0, 0.1) is 6.92 Å². The van der Waals surface area contributed by atoms with Crippen molar-refractivity contribution in [1.82, 2.24) is 0 Å². The molecule has 20 heavy (non-hydrogen) atoms. The van der Waals surface area contributed by atoms with E-state index in [1.807, 2.05) is 31.2 Å². The van der Waals surface area contributed by atoms with Crippen LogP contribution in [-0.4, -0.2) is 5.91 Å². The molecule has 0 aliphatic heterocycles. The number of hydrogen-bond acceptors (Lipinski definition) is 2. The maximum Gasteiger partial charge on any atom is 0.228 e. The summed E-state index contributed by atoms with van der Waals surface area (Å²) in [6, 6.07) is 11.4. The van der Waals surface area contributed by atoms with Gasteiger partial charge in [-0.3, -0.25) is 4.79 Å². The Morgan fingerprint density at radius 2 is 1.85 bits per heavy atom. The van der Waals surface area contributed by atoms with Crippen molar-refractivity contribution in [3.63, 3.8) is 0 Å². The summed E-state index contributed by atoms with van der Waals surface area (Å²) in [5, 5.41) is 2.89. The first-order valence-electron chi connectivity index (χ1n) is 6.05. The topological polar surface area (TPSA) is 55.1 Å². The van der Waals surface area contributed by atoms with Gasteiger partial charge in [-0.05, 0) is 56.5 Å². The standard InChI is InChI=1S/C15H14Br2N2O/c1-9-3-2-4-10(5-9)6-14(20)19-15-12(16)7-11(18)8-13(15)17/h2-5,7-8H,6,18H2,1H3,(H,19,20). The summed E-state index contributed by atoms with van der Waals surface area (Å²) in [4.78, 5) is 12.1. The van der Waals surface area contributed by atoms with Gasteiger partial charge in [0.1, 0.15) is 0 Å². The van der Waals surface area contributed by atoms with Gasteiger partial charge >= 0.3 is 0 Å². The Balaban J connectivity index is 2.13. The van der Waals surface area contributed by atoms with Gasteiger partial charge in [-0.1, -0.05) is 29.8 Å². The van der Waals surface area contributed by atoms with E-state index < -0.39 is 0 Å². The molecule has 0 saturated carbocycles. The van der Waals surface area contributed by atoms with Crippen molar-refractivity contribution in [3.8, 4) is 0 Å². The van der Waals surface area contributed by atoms with Crippen LogP contribution in [0.1, 0.15) is 11.1 Å². The highest BCUT2D eigenvalue weighted by Crippen LogP contribution is 2.33. The first kappa shape index (κ1) is 15.1. The fourth-order valence-electron chi connectivity index (χ4n) is 1.90. The number of rotatable bonds is 3. The van der Waals surface area contributed by atoms with Crippen LogP contribution < -0.4 is 11.1 Å². The number of anilines is 2. The third-order valence-electron chi connectivity index (χ3n) is 2.78. The molecule has 0 saturated heterocycles. The van der Waals surface area contributed by atoms with Gasteiger partial charge < -0.3 is 11.1 Å². The zero-order valence-corrected chi connectivity index (χ0v) is 14.1. The Hall–Kier alpha value is -1.33. The van der Waals surface area contributed by atoms with Gasteiger partial charge in [0.15, 0.2) is 0 Å². The third kappa shape index (κ3) is 3.84. The average Bonchev–Trinajstić information content (AvgIpc) is 2.33. The van der Waals surface area contributed by atoms with Crippen LogP contribution in [0.2, 0.25) is 0 Å². The van der Waals surface area contributed by atoms with Crippen LogP contribution in [0.4, 0.5) is 11.4 Å². The zero-order valence-electron chi connectivity index (χ0n) is 10.9. The number of amides is 1. The predicted molar refractivity (Wildman–Crippen MR) is 89.8 cm³/mol. The van der Waals surface area contributed by atoms with Gasteiger partial charge in [0.05, 0.1) is 12.1 Å². The van der Waals surface area contributed by atoms with Crippen molar-refractivity contribution in [2.45, 2.75) is 13.3 Å². The maximum absolute atomic E-state index is 12.1. The molecule has 0 aliphatic carbocycles. The van der Waals surface area contributed by atoms with E-state index in [1.165, 1.54) is 0 Å². The van der Waals surface area contributed by atoms with Gasteiger partial charge in [-0.25, -0.2) is 0 Å². The highest BCUT2D eigenvalue weighted by molar-refractivity contribution is 9.11. The molecule has 1 amide bonds. The summed E-state index contributed by atoms with van der Waals surface area (Å²) in [6.07, 6.45) is 0.338. The second-order valence-electron chi connectivity index (χ2n) is 4.57. The number of nitrogens with two attached hydrogens (primary N) is 1. The molecule has 5 heteroatoms.